The highest BCUT2D eigenvalue weighted by molar-refractivity contribution is 8.03. The Morgan fingerprint density at radius 3 is 2.64 bits per heavy atom. The second-order valence-corrected chi connectivity index (χ2v) is 9.32. The Balaban J connectivity index is 1.73. The summed E-state index contributed by atoms with van der Waals surface area (Å²) in [6, 6.07) is 14.6. The molecule has 0 unspecified atom stereocenters. The number of ether oxygens (including phenoxy) is 2. The molecular weight excluding hydrogens is 460 g/mol. The quantitative estimate of drug-likeness (QED) is 0.583. The maximum atomic E-state index is 13.3. The molecule has 2 heterocycles. The van der Waals surface area contributed by atoms with Crippen LogP contribution >= 0.6 is 23.4 Å². The highest BCUT2D eigenvalue weighted by Crippen LogP contribution is 2.52. The monoisotopic (exact) mass is 484 g/mol. The Morgan fingerprint density at radius 2 is 1.97 bits per heavy atom. The van der Waals surface area contributed by atoms with Gasteiger partial charge in [-0.1, -0.05) is 36.7 Å². The fourth-order valence-electron chi connectivity index (χ4n) is 4.18. The van der Waals surface area contributed by atoms with E-state index in [2.05, 4.69) is 6.07 Å². The summed E-state index contributed by atoms with van der Waals surface area (Å²) in [6.45, 7) is 4.97. The second-order valence-electron chi connectivity index (χ2n) is 7.92. The molecule has 172 valence electrons. The number of aliphatic hydroxyl groups is 1. The van der Waals surface area contributed by atoms with Crippen molar-refractivity contribution in [1.82, 2.24) is 4.90 Å². The van der Waals surface area contributed by atoms with E-state index in [-0.39, 0.29) is 18.1 Å². The Morgan fingerprint density at radius 1 is 1.21 bits per heavy atom. The lowest BCUT2D eigenvalue weighted by Crippen LogP contribution is -2.48. The molecule has 8 heteroatoms. The predicted molar refractivity (Wildman–Crippen MR) is 128 cm³/mol. The van der Waals surface area contributed by atoms with Crippen molar-refractivity contribution in [2.45, 2.75) is 38.3 Å². The van der Waals surface area contributed by atoms with Crippen LogP contribution in [0.1, 0.15) is 43.7 Å². The number of fused-ring (bicyclic) bond motifs is 1. The first-order chi connectivity index (χ1) is 15.9. The molecule has 0 spiro atoms. The van der Waals surface area contributed by atoms with Gasteiger partial charge in [-0.15, -0.1) is 11.8 Å². The third-order valence-corrected chi connectivity index (χ3v) is 7.22. The van der Waals surface area contributed by atoms with Crippen molar-refractivity contribution in [1.29, 1.82) is 5.26 Å². The number of carbonyl (C=O) groups is 1. The molecule has 1 saturated heterocycles. The van der Waals surface area contributed by atoms with Crippen molar-refractivity contribution >= 4 is 29.3 Å². The first kappa shape index (κ1) is 23.5. The molecular formula is C25H25ClN2O4S. The molecule has 2 aromatic rings. The molecule has 0 aliphatic carbocycles. The number of amides is 1. The van der Waals surface area contributed by atoms with Crippen LogP contribution in [0.2, 0.25) is 5.02 Å². The summed E-state index contributed by atoms with van der Waals surface area (Å²) in [5, 5.41) is 22.6. The molecule has 2 aliphatic rings. The summed E-state index contributed by atoms with van der Waals surface area (Å²) >= 11 is 7.32. The molecule has 0 saturated carbocycles. The van der Waals surface area contributed by atoms with Gasteiger partial charge in [-0.2, -0.15) is 5.26 Å². The van der Waals surface area contributed by atoms with E-state index in [9.17, 15) is 15.2 Å². The molecule has 1 N–H and O–H groups in total. The van der Waals surface area contributed by atoms with E-state index in [0.717, 1.165) is 12.0 Å². The molecule has 0 aromatic heterocycles. The van der Waals surface area contributed by atoms with E-state index < -0.39 is 11.6 Å². The zero-order chi connectivity index (χ0) is 23.6. The maximum absolute atomic E-state index is 13.3. The Kier molecular flexibility index (Phi) is 6.89. The fourth-order valence-corrected chi connectivity index (χ4v) is 5.67. The van der Waals surface area contributed by atoms with Crippen LogP contribution in [0, 0.1) is 11.3 Å². The smallest absolute Gasteiger partial charge is 0.231 e. The van der Waals surface area contributed by atoms with E-state index >= 15 is 0 Å². The Hall–Kier alpha value is -2.66. The van der Waals surface area contributed by atoms with Crippen LogP contribution in [-0.2, 0) is 10.5 Å². The second kappa shape index (κ2) is 9.68. The van der Waals surface area contributed by atoms with Crippen LogP contribution in [0.5, 0.6) is 11.5 Å². The first-order valence-electron chi connectivity index (χ1n) is 10.9. The number of allylic oxidation sites excluding steroid dienone is 1. The molecule has 2 aromatic carbocycles. The molecule has 1 fully saturated rings. The van der Waals surface area contributed by atoms with Crippen molar-refractivity contribution < 1.29 is 19.4 Å². The van der Waals surface area contributed by atoms with Crippen LogP contribution in [0.25, 0.3) is 0 Å². The minimum Gasteiger partial charge on any atom is -0.490 e. The van der Waals surface area contributed by atoms with Gasteiger partial charge in [0.1, 0.15) is 0 Å². The summed E-state index contributed by atoms with van der Waals surface area (Å²) in [4.78, 5) is 14.7. The Labute approximate surface area is 202 Å². The fraction of sp³-hybridized carbons (Fsp3) is 0.360. The molecule has 1 amide bonds. The summed E-state index contributed by atoms with van der Waals surface area (Å²) < 4.78 is 11.6. The molecule has 0 radical (unpaired) electrons. The summed E-state index contributed by atoms with van der Waals surface area (Å²) in [5.74, 6) is 0.817. The highest BCUT2D eigenvalue weighted by atomic mass is 35.5. The zero-order valence-electron chi connectivity index (χ0n) is 18.5. The molecule has 0 bridgehead atoms. The summed E-state index contributed by atoms with van der Waals surface area (Å²) in [7, 11) is 0. The average Bonchev–Trinajstić information content (AvgIpc) is 3.17. The van der Waals surface area contributed by atoms with Gasteiger partial charge in [0.25, 0.3) is 0 Å². The van der Waals surface area contributed by atoms with Crippen LogP contribution < -0.4 is 9.47 Å². The lowest BCUT2D eigenvalue weighted by Gasteiger charge is -2.38. The highest BCUT2D eigenvalue weighted by Gasteiger charge is 2.51. The zero-order valence-corrected chi connectivity index (χ0v) is 20.1. The van der Waals surface area contributed by atoms with E-state index in [4.69, 9.17) is 21.1 Å². The molecule has 2 atom stereocenters. The van der Waals surface area contributed by atoms with Crippen molar-refractivity contribution in [3.05, 3.63) is 69.2 Å². The Bertz CT molecular complexity index is 1130. The maximum Gasteiger partial charge on any atom is 0.231 e. The van der Waals surface area contributed by atoms with E-state index in [1.165, 1.54) is 16.7 Å². The summed E-state index contributed by atoms with van der Waals surface area (Å²) in [5.41, 5.74) is 0.314. The number of nitrogens with zero attached hydrogens (tertiary/aromatic N) is 2. The van der Waals surface area contributed by atoms with Gasteiger partial charge >= 0.3 is 0 Å². The van der Waals surface area contributed by atoms with Crippen molar-refractivity contribution in [3.8, 4) is 17.6 Å². The molecule has 6 nitrogen and oxygen atoms in total. The number of hydrogen-bond acceptors (Lipinski definition) is 6. The van der Waals surface area contributed by atoms with Crippen LogP contribution in [0.15, 0.2) is 53.1 Å². The minimum atomic E-state index is -1.52. The van der Waals surface area contributed by atoms with Gasteiger partial charge in [0, 0.05) is 22.9 Å². The van der Waals surface area contributed by atoms with Crippen molar-refractivity contribution in [2.24, 2.45) is 0 Å². The first-order valence-corrected chi connectivity index (χ1v) is 12.3. The van der Waals surface area contributed by atoms with Crippen LogP contribution in [0.3, 0.4) is 0 Å². The third-order valence-electron chi connectivity index (χ3n) is 5.75. The normalized spacial score (nSPS) is 22.2. The van der Waals surface area contributed by atoms with Gasteiger partial charge in [0.2, 0.25) is 5.91 Å². The largest absolute Gasteiger partial charge is 0.490 e. The van der Waals surface area contributed by atoms with Crippen molar-refractivity contribution in [2.75, 3.05) is 19.0 Å². The van der Waals surface area contributed by atoms with Crippen LogP contribution in [0.4, 0.5) is 0 Å². The topological polar surface area (TPSA) is 82.8 Å². The lowest BCUT2D eigenvalue weighted by molar-refractivity contribution is -0.149. The average molecular weight is 485 g/mol. The number of nitriles is 1. The van der Waals surface area contributed by atoms with Gasteiger partial charge in [0.05, 0.1) is 35.6 Å². The predicted octanol–water partition coefficient (Wildman–Crippen LogP) is 5.17. The minimum absolute atomic E-state index is 0.0730. The molecule has 4 rings (SSSR count). The van der Waals surface area contributed by atoms with E-state index in [1.807, 2.05) is 32.0 Å². The van der Waals surface area contributed by atoms with Crippen LogP contribution in [-0.4, -0.2) is 34.9 Å². The van der Waals surface area contributed by atoms with Gasteiger partial charge in [-0.05, 0) is 43.2 Å². The number of benzene rings is 2. The number of halogens is 1. The van der Waals surface area contributed by atoms with E-state index in [1.54, 1.807) is 24.3 Å². The van der Waals surface area contributed by atoms with Gasteiger partial charge < -0.3 is 14.6 Å². The van der Waals surface area contributed by atoms with Gasteiger partial charge in [0.15, 0.2) is 17.2 Å². The SMILES string of the molecule is CCCOc1ccc([C@H]2CC(=O)N3C(=C2C#N)SC[C@@]3(O)c2ccc(Cl)cc2)cc1OCC. The number of thioether (sulfide) groups is 1. The molecule has 33 heavy (non-hydrogen) atoms. The van der Waals surface area contributed by atoms with Crippen molar-refractivity contribution in [3.63, 3.8) is 0 Å². The van der Waals surface area contributed by atoms with E-state index in [0.29, 0.717) is 45.9 Å². The van der Waals surface area contributed by atoms with Gasteiger partial charge in [-0.3, -0.25) is 9.69 Å². The number of hydrogen-bond donors (Lipinski definition) is 1. The number of rotatable bonds is 7. The third kappa shape index (κ3) is 4.31. The standard InChI is InChI=1S/C25H25ClN2O4S/c1-3-11-32-21-10-5-16(12-22(21)31-4-2)19-13-23(29)28-24(20(19)14-27)33-15-25(28,30)17-6-8-18(26)9-7-17/h5-10,12,19,30H,3-4,11,13,15H2,1-2H3/t19-,25-/m1/s1. The van der Waals surface area contributed by atoms with Gasteiger partial charge in [-0.25, -0.2) is 0 Å². The lowest BCUT2D eigenvalue weighted by atomic mass is 9.85. The number of carbonyl (C=O) groups excluding carboxylic acids is 1. The molecule has 2 aliphatic heterocycles. The summed E-state index contributed by atoms with van der Waals surface area (Å²) in [6.07, 6.45) is 0.947.